The second kappa shape index (κ2) is 7.78. The highest BCUT2D eigenvalue weighted by molar-refractivity contribution is 6.20. The Morgan fingerprint density at radius 2 is 2.00 bits per heavy atom. The normalized spacial score (nSPS) is 23.7. The second-order valence-electron chi connectivity index (χ2n) is 5.89. The predicted octanol–water partition coefficient (Wildman–Crippen LogP) is 5.95. The SMILES string of the molecule is CCCCCC(N=O)c1ccc(C2CCC(Cl)C2)cc1. The van der Waals surface area contributed by atoms with Crippen LogP contribution in [0.1, 0.15) is 75.0 Å². The molecular weight excluding hydrogens is 270 g/mol. The highest BCUT2D eigenvalue weighted by Crippen LogP contribution is 2.37. The van der Waals surface area contributed by atoms with Crippen LogP contribution in [0.15, 0.2) is 29.4 Å². The van der Waals surface area contributed by atoms with E-state index in [4.69, 9.17) is 11.6 Å². The minimum absolute atomic E-state index is 0.181. The van der Waals surface area contributed by atoms with Gasteiger partial charge in [0.15, 0.2) is 0 Å². The van der Waals surface area contributed by atoms with Crippen LogP contribution < -0.4 is 0 Å². The van der Waals surface area contributed by atoms with Crippen molar-refractivity contribution in [3.8, 4) is 0 Å². The first-order chi connectivity index (χ1) is 9.74. The summed E-state index contributed by atoms with van der Waals surface area (Å²) in [6.45, 7) is 2.17. The lowest BCUT2D eigenvalue weighted by Crippen LogP contribution is -1.98. The molecule has 1 aromatic rings. The Morgan fingerprint density at radius 1 is 1.25 bits per heavy atom. The van der Waals surface area contributed by atoms with Crippen molar-refractivity contribution >= 4 is 11.6 Å². The van der Waals surface area contributed by atoms with E-state index in [1.807, 2.05) is 0 Å². The van der Waals surface area contributed by atoms with E-state index < -0.39 is 0 Å². The molecule has 2 nitrogen and oxygen atoms in total. The number of nitroso groups, excluding NO2 is 1. The van der Waals surface area contributed by atoms with Crippen molar-refractivity contribution in [1.29, 1.82) is 0 Å². The summed E-state index contributed by atoms with van der Waals surface area (Å²) in [7, 11) is 0. The molecule has 0 amide bonds. The van der Waals surface area contributed by atoms with Crippen LogP contribution in [0.3, 0.4) is 0 Å². The number of nitrogens with zero attached hydrogens (tertiary/aromatic N) is 1. The predicted molar refractivity (Wildman–Crippen MR) is 85.4 cm³/mol. The zero-order chi connectivity index (χ0) is 14.4. The van der Waals surface area contributed by atoms with Crippen LogP contribution in [0.5, 0.6) is 0 Å². The van der Waals surface area contributed by atoms with E-state index in [9.17, 15) is 4.91 Å². The quantitative estimate of drug-likeness (QED) is 0.347. The van der Waals surface area contributed by atoms with Gasteiger partial charge < -0.3 is 0 Å². The Kier molecular flexibility index (Phi) is 6.03. The van der Waals surface area contributed by atoms with Gasteiger partial charge in [0, 0.05) is 5.38 Å². The highest BCUT2D eigenvalue weighted by atomic mass is 35.5. The van der Waals surface area contributed by atoms with Gasteiger partial charge in [-0.1, -0.05) is 55.6 Å². The Hall–Kier alpha value is -0.890. The summed E-state index contributed by atoms with van der Waals surface area (Å²) in [5, 5.41) is 3.63. The Balaban J connectivity index is 1.97. The van der Waals surface area contributed by atoms with Gasteiger partial charge in [-0.2, -0.15) is 4.91 Å². The number of alkyl halides is 1. The first-order valence-corrected chi connectivity index (χ1v) is 8.24. The van der Waals surface area contributed by atoms with Crippen molar-refractivity contribution in [2.75, 3.05) is 0 Å². The third-order valence-electron chi connectivity index (χ3n) is 4.37. The molecule has 3 heteroatoms. The van der Waals surface area contributed by atoms with Crippen LogP contribution in [-0.2, 0) is 0 Å². The standard InChI is InChI=1S/C17H24ClNO/c1-2-3-4-5-17(19-20)14-8-6-13(7-9-14)15-10-11-16(18)12-15/h6-9,15-17H,2-5,10-12H2,1H3. The van der Waals surface area contributed by atoms with E-state index in [0.717, 1.165) is 31.2 Å². The smallest absolute Gasteiger partial charge is 0.117 e. The third kappa shape index (κ3) is 4.05. The van der Waals surface area contributed by atoms with Crippen LogP contribution >= 0.6 is 11.6 Å². The maximum absolute atomic E-state index is 11.0. The number of unbranched alkanes of at least 4 members (excludes halogenated alkanes) is 2. The van der Waals surface area contributed by atoms with E-state index in [2.05, 4.69) is 36.4 Å². The van der Waals surface area contributed by atoms with Gasteiger partial charge in [0.05, 0.1) is 0 Å². The molecule has 2 rings (SSSR count). The molecule has 1 aliphatic carbocycles. The molecule has 0 radical (unpaired) electrons. The molecule has 1 saturated carbocycles. The molecular formula is C17H24ClNO. The summed E-state index contributed by atoms with van der Waals surface area (Å²) in [5.41, 5.74) is 2.41. The monoisotopic (exact) mass is 293 g/mol. The fourth-order valence-corrected chi connectivity index (χ4v) is 3.43. The van der Waals surface area contributed by atoms with Crippen molar-refractivity contribution in [3.63, 3.8) is 0 Å². The lowest BCUT2D eigenvalue weighted by Gasteiger charge is -2.13. The molecule has 1 fully saturated rings. The maximum atomic E-state index is 11.0. The molecule has 0 aliphatic heterocycles. The van der Waals surface area contributed by atoms with E-state index in [1.165, 1.54) is 24.8 Å². The van der Waals surface area contributed by atoms with E-state index in [1.54, 1.807) is 0 Å². The van der Waals surface area contributed by atoms with Gasteiger partial charge in [0.1, 0.15) is 6.04 Å². The number of halogens is 1. The topological polar surface area (TPSA) is 29.4 Å². The zero-order valence-corrected chi connectivity index (χ0v) is 13.0. The first kappa shape index (κ1) is 15.5. The average molecular weight is 294 g/mol. The number of rotatable bonds is 7. The summed E-state index contributed by atoms with van der Waals surface area (Å²) >= 11 is 6.18. The molecule has 0 bridgehead atoms. The number of hydrogen-bond donors (Lipinski definition) is 0. The summed E-state index contributed by atoms with van der Waals surface area (Å²) in [6, 6.07) is 8.30. The minimum atomic E-state index is -0.181. The number of hydrogen-bond acceptors (Lipinski definition) is 2. The lowest BCUT2D eigenvalue weighted by atomic mass is 9.94. The summed E-state index contributed by atoms with van der Waals surface area (Å²) < 4.78 is 0. The lowest BCUT2D eigenvalue weighted by molar-refractivity contribution is 0.579. The molecule has 110 valence electrons. The van der Waals surface area contributed by atoms with Gasteiger partial charge in [-0.3, -0.25) is 0 Å². The molecule has 1 aromatic carbocycles. The largest absolute Gasteiger partial charge is 0.150 e. The molecule has 3 atom stereocenters. The van der Waals surface area contributed by atoms with Crippen LogP contribution in [0.2, 0.25) is 0 Å². The van der Waals surface area contributed by atoms with Crippen LogP contribution in [0, 0.1) is 4.91 Å². The van der Waals surface area contributed by atoms with Crippen LogP contribution in [0.4, 0.5) is 0 Å². The van der Waals surface area contributed by atoms with Crippen LogP contribution in [-0.4, -0.2) is 5.38 Å². The van der Waals surface area contributed by atoms with Gasteiger partial charge in [-0.05, 0) is 42.7 Å². The third-order valence-corrected chi connectivity index (χ3v) is 4.77. The average Bonchev–Trinajstić information content (AvgIpc) is 2.91. The molecule has 0 saturated heterocycles. The summed E-state index contributed by atoms with van der Waals surface area (Å²) in [5.74, 6) is 0.592. The Labute approximate surface area is 126 Å². The fraction of sp³-hybridized carbons (Fsp3) is 0.647. The fourth-order valence-electron chi connectivity index (χ4n) is 3.09. The van der Waals surface area contributed by atoms with Crippen molar-refractivity contribution < 1.29 is 0 Å². The van der Waals surface area contributed by atoms with Crippen molar-refractivity contribution in [2.45, 2.75) is 69.2 Å². The summed E-state index contributed by atoms with van der Waals surface area (Å²) in [6.07, 6.45) is 7.65. The molecule has 0 heterocycles. The van der Waals surface area contributed by atoms with E-state index >= 15 is 0 Å². The van der Waals surface area contributed by atoms with E-state index in [-0.39, 0.29) is 6.04 Å². The van der Waals surface area contributed by atoms with E-state index in [0.29, 0.717) is 11.3 Å². The van der Waals surface area contributed by atoms with Gasteiger partial charge in [0.2, 0.25) is 0 Å². The molecule has 1 aliphatic rings. The Bertz CT molecular complexity index is 418. The second-order valence-corrected chi connectivity index (χ2v) is 6.51. The molecule has 0 aromatic heterocycles. The van der Waals surface area contributed by atoms with Crippen molar-refractivity contribution in [2.24, 2.45) is 5.18 Å². The van der Waals surface area contributed by atoms with Gasteiger partial charge in [-0.15, -0.1) is 11.6 Å². The molecule has 0 N–H and O–H groups in total. The maximum Gasteiger partial charge on any atom is 0.117 e. The van der Waals surface area contributed by atoms with Gasteiger partial charge >= 0.3 is 0 Å². The van der Waals surface area contributed by atoms with Gasteiger partial charge in [0.25, 0.3) is 0 Å². The molecule has 0 spiro atoms. The molecule has 3 unspecified atom stereocenters. The summed E-state index contributed by atoms with van der Waals surface area (Å²) in [4.78, 5) is 11.0. The minimum Gasteiger partial charge on any atom is -0.150 e. The van der Waals surface area contributed by atoms with Gasteiger partial charge in [-0.25, -0.2) is 0 Å². The van der Waals surface area contributed by atoms with Crippen LogP contribution in [0.25, 0.3) is 0 Å². The highest BCUT2D eigenvalue weighted by Gasteiger charge is 2.24. The van der Waals surface area contributed by atoms with Crippen molar-refractivity contribution in [1.82, 2.24) is 0 Å². The number of benzene rings is 1. The van der Waals surface area contributed by atoms with Crippen molar-refractivity contribution in [3.05, 3.63) is 40.3 Å². The first-order valence-electron chi connectivity index (χ1n) is 7.81. The zero-order valence-electron chi connectivity index (χ0n) is 12.2. The molecule has 20 heavy (non-hydrogen) atoms. The Morgan fingerprint density at radius 3 is 2.55 bits per heavy atom.